The monoisotopic (exact) mass is 289 g/mol. The molecule has 1 fully saturated rings. The van der Waals surface area contributed by atoms with Gasteiger partial charge in [0.15, 0.2) is 0 Å². The molecule has 0 aromatic heterocycles. The number of hydrogen-bond donors (Lipinski definition) is 2. The summed E-state index contributed by atoms with van der Waals surface area (Å²) in [6.45, 7) is 10.5. The first-order valence-corrected chi connectivity index (χ1v) is 7.83. The smallest absolute Gasteiger partial charge is 0.221 e. The van der Waals surface area contributed by atoms with Crippen LogP contribution in [-0.2, 0) is 4.79 Å². The molecule has 116 valence electrons. The van der Waals surface area contributed by atoms with Gasteiger partial charge in [0, 0.05) is 37.3 Å². The maximum absolute atomic E-state index is 11.1. The summed E-state index contributed by atoms with van der Waals surface area (Å²) in [4.78, 5) is 13.7. The Labute approximate surface area is 127 Å². The van der Waals surface area contributed by atoms with Crippen LogP contribution in [0.2, 0.25) is 0 Å². The Bertz CT molecular complexity index is 487. The quantitative estimate of drug-likeness (QED) is 0.876. The molecule has 1 amide bonds. The predicted octanol–water partition coefficient (Wildman–Crippen LogP) is 2.78. The first-order valence-electron chi connectivity index (χ1n) is 7.83. The van der Waals surface area contributed by atoms with E-state index in [0.29, 0.717) is 12.1 Å². The van der Waals surface area contributed by atoms with Crippen molar-refractivity contribution < 1.29 is 4.79 Å². The largest absolute Gasteiger partial charge is 0.326 e. The van der Waals surface area contributed by atoms with Crippen molar-refractivity contribution in [3.05, 3.63) is 29.8 Å². The summed E-state index contributed by atoms with van der Waals surface area (Å²) in [6.07, 6.45) is 1.20. The van der Waals surface area contributed by atoms with Crippen LogP contribution in [0.3, 0.4) is 0 Å². The Morgan fingerprint density at radius 3 is 2.71 bits per heavy atom. The molecule has 0 bridgehead atoms. The Morgan fingerprint density at radius 2 is 2.10 bits per heavy atom. The molecule has 0 aliphatic carbocycles. The Morgan fingerprint density at radius 1 is 1.33 bits per heavy atom. The minimum Gasteiger partial charge on any atom is -0.326 e. The molecule has 4 heteroatoms. The molecule has 2 rings (SSSR count). The molecule has 1 saturated heterocycles. The van der Waals surface area contributed by atoms with Crippen molar-refractivity contribution in [2.24, 2.45) is 0 Å². The van der Waals surface area contributed by atoms with Gasteiger partial charge in [-0.05, 0) is 51.4 Å². The zero-order valence-corrected chi connectivity index (χ0v) is 13.5. The van der Waals surface area contributed by atoms with Crippen molar-refractivity contribution in [3.8, 4) is 0 Å². The molecule has 1 aromatic rings. The lowest BCUT2D eigenvalue weighted by Crippen LogP contribution is -2.36. The number of anilines is 1. The fourth-order valence-electron chi connectivity index (χ4n) is 2.93. The average Bonchev–Trinajstić information content (AvgIpc) is 2.87. The molecule has 2 unspecified atom stereocenters. The number of nitrogens with one attached hydrogen (secondary N) is 2. The van der Waals surface area contributed by atoms with Crippen molar-refractivity contribution in [2.45, 2.75) is 52.2 Å². The summed E-state index contributed by atoms with van der Waals surface area (Å²) < 4.78 is 0. The lowest BCUT2D eigenvalue weighted by atomic mass is 10.1. The second-order valence-corrected chi connectivity index (χ2v) is 6.27. The molecule has 21 heavy (non-hydrogen) atoms. The Kier molecular flexibility index (Phi) is 5.37. The van der Waals surface area contributed by atoms with Crippen LogP contribution in [0.1, 0.15) is 45.7 Å². The molecule has 1 aliphatic rings. The van der Waals surface area contributed by atoms with Gasteiger partial charge in [-0.2, -0.15) is 0 Å². The minimum absolute atomic E-state index is 0.0314. The van der Waals surface area contributed by atoms with E-state index in [1.807, 2.05) is 18.2 Å². The van der Waals surface area contributed by atoms with E-state index in [2.05, 4.69) is 42.4 Å². The van der Waals surface area contributed by atoms with Gasteiger partial charge in [0.2, 0.25) is 5.91 Å². The van der Waals surface area contributed by atoms with Gasteiger partial charge in [-0.15, -0.1) is 0 Å². The number of rotatable bonds is 5. The molecule has 2 atom stereocenters. The highest BCUT2D eigenvalue weighted by atomic mass is 16.1. The molecule has 0 spiro atoms. The van der Waals surface area contributed by atoms with Crippen LogP contribution in [0.4, 0.5) is 5.69 Å². The highest BCUT2D eigenvalue weighted by Gasteiger charge is 2.25. The summed E-state index contributed by atoms with van der Waals surface area (Å²) in [6, 6.07) is 9.53. The van der Waals surface area contributed by atoms with Crippen molar-refractivity contribution in [3.63, 3.8) is 0 Å². The Hall–Kier alpha value is -1.39. The fraction of sp³-hybridized carbons (Fsp3) is 0.588. The topological polar surface area (TPSA) is 44.4 Å². The van der Waals surface area contributed by atoms with Gasteiger partial charge in [0.05, 0.1) is 0 Å². The van der Waals surface area contributed by atoms with Gasteiger partial charge in [-0.1, -0.05) is 12.1 Å². The second-order valence-electron chi connectivity index (χ2n) is 6.27. The molecule has 4 nitrogen and oxygen atoms in total. The van der Waals surface area contributed by atoms with E-state index in [4.69, 9.17) is 0 Å². The van der Waals surface area contributed by atoms with Crippen LogP contribution in [0.5, 0.6) is 0 Å². The van der Waals surface area contributed by atoms with E-state index < -0.39 is 0 Å². The van der Waals surface area contributed by atoms with Gasteiger partial charge in [-0.3, -0.25) is 9.69 Å². The van der Waals surface area contributed by atoms with Gasteiger partial charge in [0.25, 0.3) is 0 Å². The molecule has 0 radical (unpaired) electrons. The van der Waals surface area contributed by atoms with E-state index in [1.165, 1.54) is 25.5 Å². The number of nitrogens with zero attached hydrogens (tertiary/aromatic N) is 1. The van der Waals surface area contributed by atoms with E-state index in [1.54, 1.807) is 0 Å². The minimum atomic E-state index is -0.0314. The molecular formula is C17H27N3O. The maximum atomic E-state index is 11.1. The van der Waals surface area contributed by atoms with Crippen molar-refractivity contribution in [1.82, 2.24) is 10.2 Å². The molecule has 1 heterocycles. The third kappa shape index (κ3) is 4.55. The van der Waals surface area contributed by atoms with Crippen LogP contribution >= 0.6 is 0 Å². The highest BCUT2D eigenvalue weighted by Crippen LogP contribution is 2.20. The van der Waals surface area contributed by atoms with Crippen molar-refractivity contribution in [2.75, 3.05) is 18.4 Å². The van der Waals surface area contributed by atoms with Crippen LogP contribution in [0.15, 0.2) is 24.3 Å². The number of carbonyl (C=O) groups excluding carboxylic acids is 1. The average molecular weight is 289 g/mol. The predicted molar refractivity (Wildman–Crippen MR) is 87.4 cm³/mol. The van der Waals surface area contributed by atoms with Crippen LogP contribution in [-0.4, -0.2) is 36.0 Å². The maximum Gasteiger partial charge on any atom is 0.221 e. The number of amides is 1. The number of hydrogen-bond acceptors (Lipinski definition) is 3. The van der Waals surface area contributed by atoms with Gasteiger partial charge < -0.3 is 10.6 Å². The SMILES string of the molecule is CC(=O)Nc1cccc(C(C)NC2CCN(C(C)C)C2)c1. The summed E-state index contributed by atoms with van der Waals surface area (Å²) >= 11 is 0. The molecule has 0 saturated carbocycles. The third-order valence-electron chi connectivity index (χ3n) is 4.14. The number of likely N-dealkylation sites (tertiary alicyclic amines) is 1. The van der Waals surface area contributed by atoms with Crippen LogP contribution in [0, 0.1) is 0 Å². The first kappa shape index (κ1) is 16.0. The fourth-order valence-corrected chi connectivity index (χ4v) is 2.93. The van der Waals surface area contributed by atoms with Gasteiger partial charge in [0.1, 0.15) is 0 Å². The zero-order chi connectivity index (χ0) is 15.4. The summed E-state index contributed by atoms with van der Waals surface area (Å²) in [5.74, 6) is -0.0314. The lowest BCUT2D eigenvalue weighted by molar-refractivity contribution is -0.114. The van der Waals surface area contributed by atoms with E-state index in [0.717, 1.165) is 12.2 Å². The third-order valence-corrected chi connectivity index (χ3v) is 4.14. The van der Waals surface area contributed by atoms with Gasteiger partial charge in [-0.25, -0.2) is 0 Å². The molecule has 1 aromatic carbocycles. The van der Waals surface area contributed by atoms with Crippen molar-refractivity contribution in [1.29, 1.82) is 0 Å². The molecule has 1 aliphatic heterocycles. The summed E-state index contributed by atoms with van der Waals surface area (Å²) in [7, 11) is 0. The molecular weight excluding hydrogens is 262 g/mol. The zero-order valence-electron chi connectivity index (χ0n) is 13.5. The first-order chi connectivity index (χ1) is 9.95. The summed E-state index contributed by atoms with van der Waals surface area (Å²) in [5, 5.41) is 6.55. The highest BCUT2D eigenvalue weighted by molar-refractivity contribution is 5.88. The number of carbonyl (C=O) groups is 1. The lowest BCUT2D eigenvalue weighted by Gasteiger charge is -2.23. The second kappa shape index (κ2) is 7.05. The van der Waals surface area contributed by atoms with E-state index >= 15 is 0 Å². The normalized spacial score (nSPS) is 20.7. The van der Waals surface area contributed by atoms with Crippen LogP contribution < -0.4 is 10.6 Å². The van der Waals surface area contributed by atoms with E-state index in [-0.39, 0.29) is 11.9 Å². The number of benzene rings is 1. The van der Waals surface area contributed by atoms with Crippen LogP contribution in [0.25, 0.3) is 0 Å². The van der Waals surface area contributed by atoms with E-state index in [9.17, 15) is 4.79 Å². The Balaban J connectivity index is 1.94. The molecule has 2 N–H and O–H groups in total. The summed E-state index contributed by atoms with van der Waals surface area (Å²) in [5.41, 5.74) is 2.08. The standard InChI is InChI=1S/C17H27N3O/c1-12(2)20-9-8-17(11-20)18-13(3)15-6-5-7-16(10-15)19-14(4)21/h5-7,10,12-13,17-18H,8-9,11H2,1-4H3,(H,19,21). The van der Waals surface area contributed by atoms with Crippen molar-refractivity contribution >= 4 is 11.6 Å². The van der Waals surface area contributed by atoms with Gasteiger partial charge >= 0.3 is 0 Å².